The molecule has 0 heterocycles. The smallest absolute Gasteiger partial charge is 0.141 e. The van der Waals surface area contributed by atoms with Crippen molar-refractivity contribution in [3.8, 4) is 6.07 Å². The highest BCUT2D eigenvalue weighted by atomic mass is 35.5. The number of halogens is 2. The molecule has 1 nitrogen and oxygen atoms in total. The summed E-state index contributed by atoms with van der Waals surface area (Å²) in [5.41, 5.74) is 0.750. The molecule has 2 fully saturated rings. The first kappa shape index (κ1) is 12.0. The summed E-state index contributed by atoms with van der Waals surface area (Å²) in [4.78, 5) is 0. The minimum absolute atomic E-state index is 0.156. The molecular weight excluding hydrogens is 249 g/mol. The first-order valence-corrected chi connectivity index (χ1v) is 6.86. The Morgan fingerprint density at radius 2 is 2.28 bits per heavy atom. The van der Waals surface area contributed by atoms with Gasteiger partial charge in [0.1, 0.15) is 5.82 Å². The number of hydrogen-bond donors (Lipinski definition) is 0. The van der Waals surface area contributed by atoms with Crippen LogP contribution in [0.2, 0.25) is 5.02 Å². The average Bonchev–Trinajstić information content (AvgIpc) is 2.94. The molecule has 2 bridgehead atoms. The van der Waals surface area contributed by atoms with Crippen molar-refractivity contribution in [2.45, 2.75) is 32.1 Å². The molecule has 18 heavy (non-hydrogen) atoms. The van der Waals surface area contributed by atoms with Crippen LogP contribution in [0.15, 0.2) is 18.2 Å². The van der Waals surface area contributed by atoms with E-state index in [1.807, 2.05) is 0 Å². The van der Waals surface area contributed by atoms with Crippen molar-refractivity contribution in [2.75, 3.05) is 0 Å². The Morgan fingerprint density at radius 3 is 2.83 bits per heavy atom. The maximum absolute atomic E-state index is 13.1. The molecule has 2 aliphatic carbocycles. The molecule has 1 aromatic carbocycles. The molecule has 3 heteroatoms. The molecule has 0 amide bonds. The van der Waals surface area contributed by atoms with Crippen LogP contribution >= 0.6 is 11.6 Å². The first-order valence-electron chi connectivity index (χ1n) is 6.48. The van der Waals surface area contributed by atoms with E-state index in [1.165, 1.54) is 25.3 Å². The largest absolute Gasteiger partial charge is 0.205 e. The predicted octanol–water partition coefficient (Wildman–Crippen LogP) is 4.35. The second-order valence-electron chi connectivity index (χ2n) is 5.77. The van der Waals surface area contributed by atoms with E-state index in [9.17, 15) is 9.65 Å². The topological polar surface area (TPSA) is 23.8 Å². The van der Waals surface area contributed by atoms with Crippen LogP contribution in [0.5, 0.6) is 0 Å². The van der Waals surface area contributed by atoms with E-state index in [0.717, 1.165) is 17.9 Å². The lowest BCUT2D eigenvalue weighted by Crippen LogP contribution is -2.28. The summed E-state index contributed by atoms with van der Waals surface area (Å²) < 4.78 is 13.1. The Labute approximate surface area is 112 Å². The van der Waals surface area contributed by atoms with E-state index in [4.69, 9.17) is 11.6 Å². The van der Waals surface area contributed by atoms with E-state index >= 15 is 0 Å². The Kier molecular flexibility index (Phi) is 2.83. The second kappa shape index (κ2) is 4.24. The van der Waals surface area contributed by atoms with Gasteiger partial charge in [-0.2, -0.15) is 5.26 Å². The van der Waals surface area contributed by atoms with Crippen molar-refractivity contribution < 1.29 is 4.39 Å². The Bertz CT molecular complexity index is 522. The first-order chi connectivity index (χ1) is 8.63. The number of nitriles is 1. The van der Waals surface area contributed by atoms with Gasteiger partial charge in [0.05, 0.1) is 16.5 Å². The van der Waals surface area contributed by atoms with Gasteiger partial charge < -0.3 is 0 Å². The van der Waals surface area contributed by atoms with Gasteiger partial charge >= 0.3 is 0 Å². The van der Waals surface area contributed by atoms with E-state index in [1.54, 1.807) is 12.1 Å². The van der Waals surface area contributed by atoms with E-state index < -0.39 is 0 Å². The van der Waals surface area contributed by atoms with Crippen molar-refractivity contribution in [1.29, 1.82) is 5.26 Å². The lowest BCUT2D eigenvalue weighted by Gasteiger charge is -2.31. The normalized spacial score (nSPS) is 33.6. The third kappa shape index (κ3) is 1.82. The molecule has 1 aromatic rings. The molecular formula is C15H15ClFN. The van der Waals surface area contributed by atoms with Gasteiger partial charge in [-0.3, -0.25) is 0 Å². The summed E-state index contributed by atoms with van der Waals surface area (Å²) in [6.45, 7) is 0. The van der Waals surface area contributed by atoms with Gasteiger partial charge in [0.2, 0.25) is 0 Å². The number of nitrogens with zero attached hydrogens (tertiary/aromatic N) is 1. The van der Waals surface area contributed by atoms with Gasteiger partial charge in [-0.1, -0.05) is 24.1 Å². The predicted molar refractivity (Wildman–Crippen MR) is 68.6 cm³/mol. The molecule has 0 radical (unpaired) electrons. The Morgan fingerprint density at radius 1 is 1.44 bits per heavy atom. The lowest BCUT2D eigenvalue weighted by molar-refractivity contribution is 0.239. The quantitative estimate of drug-likeness (QED) is 0.778. The van der Waals surface area contributed by atoms with Gasteiger partial charge in [-0.05, 0) is 55.2 Å². The van der Waals surface area contributed by atoms with Gasteiger partial charge in [-0.25, -0.2) is 4.39 Å². The van der Waals surface area contributed by atoms with Crippen molar-refractivity contribution in [2.24, 2.45) is 17.3 Å². The standard InChI is InChI=1S/C15H15ClFN/c16-13-6-11(2-4-14(13)17)8-15(9-18)7-10-1-3-12(15)5-10/h2,4,6,10,12H,1,3,5,7-8H2. The summed E-state index contributed by atoms with van der Waals surface area (Å²) in [7, 11) is 0. The fourth-order valence-electron chi connectivity index (χ4n) is 3.85. The maximum atomic E-state index is 13.1. The third-order valence-corrected chi connectivity index (χ3v) is 4.99. The minimum Gasteiger partial charge on any atom is -0.205 e. The molecule has 2 saturated carbocycles. The van der Waals surface area contributed by atoms with Gasteiger partial charge in [-0.15, -0.1) is 0 Å². The fourth-order valence-corrected chi connectivity index (χ4v) is 4.05. The molecule has 2 aliphatic rings. The van der Waals surface area contributed by atoms with Crippen molar-refractivity contribution in [3.05, 3.63) is 34.6 Å². The lowest BCUT2D eigenvalue weighted by atomic mass is 9.70. The Balaban J connectivity index is 1.87. The third-order valence-electron chi connectivity index (χ3n) is 4.70. The SMILES string of the molecule is N#CC1(Cc2ccc(F)c(Cl)c2)CC2CCC1C2. The molecule has 3 unspecified atom stereocenters. The van der Waals surface area contributed by atoms with Crippen LogP contribution in [0.4, 0.5) is 4.39 Å². The summed E-state index contributed by atoms with van der Waals surface area (Å²) in [6.07, 6.45) is 5.36. The summed E-state index contributed by atoms with van der Waals surface area (Å²) in [6, 6.07) is 7.38. The number of rotatable bonds is 2. The number of fused-ring (bicyclic) bond motifs is 2. The average molecular weight is 264 g/mol. The van der Waals surface area contributed by atoms with Gasteiger partial charge in [0, 0.05) is 0 Å². The minimum atomic E-state index is -0.389. The molecule has 0 spiro atoms. The van der Waals surface area contributed by atoms with Crippen LogP contribution in [0.3, 0.4) is 0 Å². The molecule has 0 N–H and O–H groups in total. The number of hydrogen-bond acceptors (Lipinski definition) is 1. The van der Waals surface area contributed by atoms with Crippen LogP contribution in [-0.2, 0) is 6.42 Å². The van der Waals surface area contributed by atoms with Crippen molar-refractivity contribution in [1.82, 2.24) is 0 Å². The van der Waals surface area contributed by atoms with E-state index in [-0.39, 0.29) is 16.3 Å². The zero-order valence-corrected chi connectivity index (χ0v) is 10.9. The summed E-state index contributed by atoms with van der Waals surface area (Å²) in [5.74, 6) is 0.862. The highest BCUT2D eigenvalue weighted by molar-refractivity contribution is 6.30. The zero-order valence-electron chi connectivity index (χ0n) is 10.1. The molecule has 0 saturated heterocycles. The van der Waals surface area contributed by atoms with Crippen molar-refractivity contribution in [3.63, 3.8) is 0 Å². The fraction of sp³-hybridized carbons (Fsp3) is 0.533. The van der Waals surface area contributed by atoms with Crippen LogP contribution in [-0.4, -0.2) is 0 Å². The summed E-state index contributed by atoms with van der Waals surface area (Å²) >= 11 is 5.81. The van der Waals surface area contributed by atoms with Crippen molar-refractivity contribution >= 4 is 11.6 Å². The highest BCUT2D eigenvalue weighted by Gasteiger charge is 2.51. The maximum Gasteiger partial charge on any atom is 0.141 e. The van der Waals surface area contributed by atoms with E-state index in [2.05, 4.69) is 6.07 Å². The molecule has 0 aromatic heterocycles. The molecule has 0 aliphatic heterocycles. The molecule has 3 rings (SSSR count). The Hall–Kier alpha value is -1.07. The van der Waals surface area contributed by atoms with Gasteiger partial charge in [0.15, 0.2) is 0 Å². The van der Waals surface area contributed by atoms with Crippen LogP contribution in [0.1, 0.15) is 31.2 Å². The second-order valence-corrected chi connectivity index (χ2v) is 6.18. The highest BCUT2D eigenvalue weighted by Crippen LogP contribution is 2.57. The van der Waals surface area contributed by atoms with E-state index in [0.29, 0.717) is 12.3 Å². The van der Waals surface area contributed by atoms with Gasteiger partial charge in [0.25, 0.3) is 0 Å². The molecule has 3 atom stereocenters. The van der Waals surface area contributed by atoms with Crippen LogP contribution in [0.25, 0.3) is 0 Å². The monoisotopic (exact) mass is 263 g/mol. The van der Waals surface area contributed by atoms with Crippen LogP contribution in [0, 0.1) is 34.4 Å². The zero-order chi connectivity index (χ0) is 12.8. The summed E-state index contributed by atoms with van der Waals surface area (Å²) in [5, 5.41) is 9.72. The molecule has 94 valence electrons. The van der Waals surface area contributed by atoms with Crippen LogP contribution < -0.4 is 0 Å². The number of benzene rings is 1.